The number of rotatable bonds is 4. The molecule has 2 aromatic rings. The number of fused-ring (bicyclic) bond motifs is 1. The van der Waals surface area contributed by atoms with Crippen LogP contribution in [0.25, 0.3) is 0 Å². The molecule has 0 N–H and O–H groups in total. The maximum Gasteiger partial charge on any atom is 0.165 e. The third-order valence-electron chi connectivity index (χ3n) is 4.02. The van der Waals surface area contributed by atoms with Crippen molar-refractivity contribution >= 4 is 5.78 Å². The van der Waals surface area contributed by atoms with Gasteiger partial charge >= 0.3 is 0 Å². The fraction of sp³-hybridized carbons (Fsp3) is 0.353. The van der Waals surface area contributed by atoms with E-state index in [0.29, 0.717) is 12.3 Å². The molecule has 3 rings (SSSR count). The Balaban J connectivity index is 1.80. The summed E-state index contributed by atoms with van der Waals surface area (Å²) in [6.45, 7) is 3.89. The van der Waals surface area contributed by atoms with Gasteiger partial charge in [-0.15, -0.1) is 0 Å². The Hall–Kier alpha value is -2.03. The SMILES string of the molecule is CCc1nnc(C)cc1C(=O)CC1Cc2ccccc21. The van der Waals surface area contributed by atoms with Crippen molar-refractivity contribution in [3.63, 3.8) is 0 Å². The van der Waals surface area contributed by atoms with Gasteiger partial charge in [0, 0.05) is 12.0 Å². The van der Waals surface area contributed by atoms with E-state index >= 15 is 0 Å². The standard InChI is InChI=1S/C17H18N2O/c1-3-16-15(8-11(2)18-19-16)17(20)10-13-9-12-6-4-5-7-14(12)13/h4-8,13H,3,9-10H2,1-2H3. The van der Waals surface area contributed by atoms with E-state index in [1.165, 1.54) is 11.1 Å². The second kappa shape index (κ2) is 5.16. The second-order valence-corrected chi connectivity index (χ2v) is 5.43. The monoisotopic (exact) mass is 266 g/mol. The molecule has 1 aliphatic carbocycles. The summed E-state index contributed by atoms with van der Waals surface area (Å²) < 4.78 is 0. The van der Waals surface area contributed by atoms with Gasteiger partial charge in [-0.2, -0.15) is 10.2 Å². The summed E-state index contributed by atoms with van der Waals surface area (Å²) in [4.78, 5) is 12.5. The van der Waals surface area contributed by atoms with Crippen molar-refractivity contribution < 1.29 is 4.79 Å². The van der Waals surface area contributed by atoms with Gasteiger partial charge in [-0.3, -0.25) is 4.79 Å². The number of hydrogen-bond acceptors (Lipinski definition) is 3. The highest BCUT2D eigenvalue weighted by atomic mass is 16.1. The van der Waals surface area contributed by atoms with E-state index in [1.807, 2.05) is 26.0 Å². The zero-order valence-electron chi connectivity index (χ0n) is 11.9. The van der Waals surface area contributed by atoms with Crippen LogP contribution in [0.2, 0.25) is 0 Å². The first-order valence-electron chi connectivity index (χ1n) is 7.13. The molecule has 3 nitrogen and oxygen atoms in total. The maximum absolute atomic E-state index is 12.5. The predicted octanol–water partition coefficient (Wildman–Crippen LogP) is 3.26. The molecule has 1 unspecified atom stereocenters. The Kier molecular flexibility index (Phi) is 3.35. The third kappa shape index (κ3) is 2.24. The smallest absolute Gasteiger partial charge is 0.165 e. The van der Waals surface area contributed by atoms with Gasteiger partial charge in [-0.1, -0.05) is 31.2 Å². The van der Waals surface area contributed by atoms with Crippen molar-refractivity contribution in [1.82, 2.24) is 10.2 Å². The molecule has 0 spiro atoms. The van der Waals surface area contributed by atoms with Crippen LogP contribution < -0.4 is 0 Å². The summed E-state index contributed by atoms with van der Waals surface area (Å²) in [5.74, 6) is 0.566. The molecule has 1 aromatic heterocycles. The van der Waals surface area contributed by atoms with E-state index in [9.17, 15) is 4.79 Å². The molecule has 3 heteroatoms. The Morgan fingerprint density at radius 3 is 2.85 bits per heavy atom. The number of Topliss-reactive ketones (excluding diaryl/α,β-unsaturated/α-hetero) is 1. The Morgan fingerprint density at radius 1 is 1.30 bits per heavy atom. The molecule has 20 heavy (non-hydrogen) atoms. The average Bonchev–Trinajstić information content (AvgIpc) is 2.44. The van der Waals surface area contributed by atoms with E-state index in [2.05, 4.69) is 28.4 Å². The van der Waals surface area contributed by atoms with Crippen molar-refractivity contribution in [2.24, 2.45) is 0 Å². The van der Waals surface area contributed by atoms with Gasteiger partial charge in [-0.05, 0) is 42.9 Å². The largest absolute Gasteiger partial charge is 0.294 e. The Bertz CT molecular complexity index is 664. The van der Waals surface area contributed by atoms with Crippen molar-refractivity contribution in [3.05, 3.63) is 58.4 Å². The summed E-state index contributed by atoms with van der Waals surface area (Å²) in [6.07, 6.45) is 2.34. The van der Waals surface area contributed by atoms with Crippen LogP contribution in [0.15, 0.2) is 30.3 Å². The minimum absolute atomic E-state index is 0.194. The van der Waals surface area contributed by atoms with E-state index in [0.717, 1.165) is 29.8 Å². The summed E-state index contributed by atoms with van der Waals surface area (Å²) in [7, 11) is 0. The number of aryl methyl sites for hydroxylation is 2. The molecule has 0 saturated heterocycles. The molecule has 1 atom stereocenters. The van der Waals surface area contributed by atoms with Gasteiger partial charge in [0.1, 0.15) is 0 Å². The Labute approximate surface area is 119 Å². The molecule has 102 valence electrons. The van der Waals surface area contributed by atoms with Crippen molar-refractivity contribution in [3.8, 4) is 0 Å². The third-order valence-corrected chi connectivity index (χ3v) is 4.02. The van der Waals surface area contributed by atoms with Crippen LogP contribution in [0.5, 0.6) is 0 Å². The van der Waals surface area contributed by atoms with E-state index in [4.69, 9.17) is 0 Å². The van der Waals surface area contributed by atoms with Crippen LogP contribution in [0.4, 0.5) is 0 Å². The molecule has 0 radical (unpaired) electrons. The van der Waals surface area contributed by atoms with Gasteiger partial charge in [0.05, 0.1) is 11.4 Å². The number of nitrogens with zero attached hydrogens (tertiary/aromatic N) is 2. The molecule has 1 heterocycles. The van der Waals surface area contributed by atoms with Crippen LogP contribution in [-0.4, -0.2) is 16.0 Å². The number of hydrogen-bond donors (Lipinski definition) is 0. The zero-order valence-corrected chi connectivity index (χ0v) is 11.9. The highest BCUT2D eigenvalue weighted by molar-refractivity contribution is 5.97. The molecule has 1 aromatic carbocycles. The molecular formula is C17H18N2O. The highest BCUT2D eigenvalue weighted by Crippen LogP contribution is 2.38. The van der Waals surface area contributed by atoms with Crippen molar-refractivity contribution in [1.29, 1.82) is 0 Å². The first-order chi connectivity index (χ1) is 9.69. The number of carbonyl (C=O) groups excluding carboxylic acids is 1. The van der Waals surface area contributed by atoms with Crippen LogP contribution in [-0.2, 0) is 12.8 Å². The summed E-state index contributed by atoms with van der Waals surface area (Å²) >= 11 is 0. The van der Waals surface area contributed by atoms with Crippen LogP contribution in [0.3, 0.4) is 0 Å². The van der Waals surface area contributed by atoms with Crippen LogP contribution in [0, 0.1) is 6.92 Å². The fourth-order valence-electron chi connectivity index (χ4n) is 2.90. The average molecular weight is 266 g/mol. The molecule has 0 bridgehead atoms. The summed E-state index contributed by atoms with van der Waals surface area (Å²) in [5, 5.41) is 8.18. The molecule has 0 aliphatic heterocycles. The lowest BCUT2D eigenvalue weighted by molar-refractivity contribution is 0.0969. The number of benzene rings is 1. The Morgan fingerprint density at radius 2 is 2.10 bits per heavy atom. The number of aromatic nitrogens is 2. The van der Waals surface area contributed by atoms with Gasteiger partial charge in [-0.25, -0.2) is 0 Å². The van der Waals surface area contributed by atoms with Crippen LogP contribution >= 0.6 is 0 Å². The second-order valence-electron chi connectivity index (χ2n) is 5.43. The van der Waals surface area contributed by atoms with Gasteiger partial charge < -0.3 is 0 Å². The van der Waals surface area contributed by atoms with E-state index in [1.54, 1.807) is 0 Å². The van der Waals surface area contributed by atoms with Crippen molar-refractivity contribution in [2.75, 3.05) is 0 Å². The number of carbonyl (C=O) groups is 1. The normalized spacial score (nSPS) is 16.4. The first-order valence-corrected chi connectivity index (χ1v) is 7.13. The maximum atomic E-state index is 12.5. The predicted molar refractivity (Wildman–Crippen MR) is 78.0 cm³/mol. The highest BCUT2D eigenvalue weighted by Gasteiger charge is 2.28. The fourth-order valence-corrected chi connectivity index (χ4v) is 2.90. The quantitative estimate of drug-likeness (QED) is 0.798. The lowest BCUT2D eigenvalue weighted by Gasteiger charge is -2.29. The van der Waals surface area contributed by atoms with Gasteiger partial charge in [0.15, 0.2) is 5.78 Å². The zero-order chi connectivity index (χ0) is 14.1. The molecule has 0 fully saturated rings. The minimum Gasteiger partial charge on any atom is -0.294 e. The first kappa shape index (κ1) is 13.0. The van der Waals surface area contributed by atoms with Gasteiger partial charge in [0.25, 0.3) is 0 Å². The molecule has 0 amide bonds. The summed E-state index contributed by atoms with van der Waals surface area (Å²) in [6, 6.07) is 10.3. The topological polar surface area (TPSA) is 42.9 Å². The lowest BCUT2D eigenvalue weighted by atomic mass is 9.74. The van der Waals surface area contributed by atoms with E-state index < -0.39 is 0 Å². The van der Waals surface area contributed by atoms with Crippen molar-refractivity contribution in [2.45, 2.75) is 39.0 Å². The minimum atomic E-state index is 0.194. The summed E-state index contributed by atoms with van der Waals surface area (Å²) in [5.41, 5.74) is 5.08. The lowest BCUT2D eigenvalue weighted by Crippen LogP contribution is -2.21. The van der Waals surface area contributed by atoms with E-state index in [-0.39, 0.29) is 5.78 Å². The van der Waals surface area contributed by atoms with Crippen LogP contribution in [0.1, 0.15) is 52.1 Å². The molecular weight excluding hydrogens is 248 g/mol. The molecule has 0 saturated carbocycles. The molecule has 1 aliphatic rings. The number of ketones is 1. The van der Waals surface area contributed by atoms with Gasteiger partial charge in [0.2, 0.25) is 0 Å².